The Balaban J connectivity index is 1.04. The van der Waals surface area contributed by atoms with Crippen LogP contribution in [0.25, 0.3) is 16.6 Å². The number of benzene rings is 1. The first-order valence-electron chi connectivity index (χ1n) is 17.4. The molecule has 0 saturated heterocycles. The molecule has 0 bridgehead atoms. The normalized spacial score (nSPS) is 13.1. The average Bonchev–Trinajstić information content (AvgIpc) is 3.92. The van der Waals surface area contributed by atoms with Gasteiger partial charge in [0.2, 0.25) is 5.91 Å². The molecule has 1 aliphatic rings. The van der Waals surface area contributed by atoms with Crippen molar-refractivity contribution in [2.45, 2.75) is 51.4 Å². The Labute approximate surface area is 308 Å². The smallest absolute Gasteiger partial charge is 0.484 e. The Hall–Kier alpha value is -3.78. The number of unbranched alkanes of at least 4 members (excludes halogenated alkanes) is 5. The van der Waals surface area contributed by atoms with E-state index in [-0.39, 0.29) is 18.4 Å². The van der Waals surface area contributed by atoms with Gasteiger partial charge < -0.3 is 29.3 Å². The summed E-state index contributed by atoms with van der Waals surface area (Å²) in [5.41, 5.74) is 2.94. The molecule has 0 fully saturated rings. The van der Waals surface area contributed by atoms with Crippen molar-refractivity contribution in [1.29, 1.82) is 0 Å². The molecule has 0 radical (unpaired) electrons. The highest BCUT2D eigenvalue weighted by Crippen LogP contribution is 2.29. The molecule has 3 heterocycles. The predicted molar refractivity (Wildman–Crippen MR) is 202 cm³/mol. The first kappa shape index (κ1) is 40.0. The SMILES string of the molecule is O=C(CCCCCNC(=O)COc1ccc(C2=N/C(=C\c3ccc(-c4cccs4)n3B(F)F)C=C2)cc1)NCCOCCOCCCCCCCl. The van der Waals surface area contributed by atoms with Crippen molar-refractivity contribution < 1.29 is 32.4 Å². The van der Waals surface area contributed by atoms with E-state index < -0.39 is 7.40 Å². The van der Waals surface area contributed by atoms with Gasteiger partial charge in [0, 0.05) is 48.1 Å². The summed E-state index contributed by atoms with van der Waals surface area (Å²) in [6.45, 7) is 3.12. The van der Waals surface area contributed by atoms with E-state index >= 15 is 0 Å². The van der Waals surface area contributed by atoms with Gasteiger partial charge in [0.25, 0.3) is 5.91 Å². The lowest BCUT2D eigenvalue weighted by atomic mass is 10.1. The molecule has 9 nitrogen and oxygen atoms in total. The molecule has 0 aliphatic carbocycles. The zero-order chi connectivity index (χ0) is 36.1. The summed E-state index contributed by atoms with van der Waals surface area (Å²) in [5.74, 6) is 1.02. The third-order valence-corrected chi connectivity index (χ3v) is 9.07. The number of carbonyl (C=O) groups is 2. The topological polar surface area (TPSA) is 103 Å². The van der Waals surface area contributed by atoms with Gasteiger partial charge >= 0.3 is 7.40 Å². The number of hydrogen-bond donors (Lipinski definition) is 2. The minimum Gasteiger partial charge on any atom is -0.484 e. The summed E-state index contributed by atoms with van der Waals surface area (Å²) in [6.07, 6.45) is 12.4. The lowest BCUT2D eigenvalue weighted by Gasteiger charge is -2.09. The van der Waals surface area contributed by atoms with Gasteiger partial charge in [-0.1, -0.05) is 25.3 Å². The molecule has 3 aromatic rings. The first-order chi connectivity index (χ1) is 24.9. The van der Waals surface area contributed by atoms with Crippen LogP contribution >= 0.6 is 22.9 Å². The lowest BCUT2D eigenvalue weighted by Crippen LogP contribution is -2.29. The molecule has 0 unspecified atom stereocenters. The van der Waals surface area contributed by atoms with E-state index in [9.17, 15) is 18.2 Å². The molecular formula is C37H46BClF2N4O5S. The minimum absolute atomic E-state index is 0.00722. The van der Waals surface area contributed by atoms with Crippen molar-refractivity contribution >= 4 is 53.9 Å². The first-order valence-corrected chi connectivity index (χ1v) is 18.9. The number of aromatic nitrogens is 1. The second-order valence-electron chi connectivity index (χ2n) is 11.8. The maximum Gasteiger partial charge on any atom is 0.678 e. The zero-order valence-corrected chi connectivity index (χ0v) is 30.4. The highest BCUT2D eigenvalue weighted by Gasteiger charge is 2.24. The van der Waals surface area contributed by atoms with Crippen LogP contribution in [0.4, 0.5) is 8.63 Å². The van der Waals surface area contributed by atoms with Crippen molar-refractivity contribution in [3.8, 4) is 16.3 Å². The van der Waals surface area contributed by atoms with E-state index in [1.54, 1.807) is 36.4 Å². The van der Waals surface area contributed by atoms with Gasteiger partial charge in [0.05, 0.1) is 36.9 Å². The molecule has 1 aliphatic heterocycles. The molecule has 4 rings (SSSR count). The van der Waals surface area contributed by atoms with Crippen LogP contribution < -0.4 is 15.4 Å². The molecule has 51 heavy (non-hydrogen) atoms. The second kappa shape index (κ2) is 22.9. The van der Waals surface area contributed by atoms with Crippen LogP contribution in [0.3, 0.4) is 0 Å². The molecule has 2 aromatic heterocycles. The van der Waals surface area contributed by atoms with E-state index in [0.717, 1.165) is 66.5 Å². The van der Waals surface area contributed by atoms with Crippen LogP contribution in [0, 0.1) is 0 Å². The number of ether oxygens (including phenoxy) is 3. The number of halogens is 3. The van der Waals surface area contributed by atoms with Crippen molar-refractivity contribution in [3.63, 3.8) is 0 Å². The fourth-order valence-corrected chi connectivity index (χ4v) is 6.19. The van der Waals surface area contributed by atoms with Crippen molar-refractivity contribution in [1.82, 2.24) is 15.1 Å². The summed E-state index contributed by atoms with van der Waals surface area (Å²) in [4.78, 5) is 29.6. The number of alkyl halides is 1. The highest BCUT2D eigenvalue weighted by molar-refractivity contribution is 7.13. The van der Waals surface area contributed by atoms with Crippen molar-refractivity contribution in [2.24, 2.45) is 4.99 Å². The van der Waals surface area contributed by atoms with Gasteiger partial charge in [-0.2, -0.15) is 0 Å². The van der Waals surface area contributed by atoms with Crippen LogP contribution in [-0.4, -0.2) is 81.4 Å². The van der Waals surface area contributed by atoms with Crippen LogP contribution in [0.2, 0.25) is 0 Å². The summed E-state index contributed by atoms with van der Waals surface area (Å²) in [7, 11) is -2.68. The van der Waals surface area contributed by atoms with Crippen LogP contribution in [0.15, 0.2) is 76.8 Å². The molecule has 2 N–H and O–H groups in total. The maximum atomic E-state index is 13.9. The predicted octanol–water partition coefficient (Wildman–Crippen LogP) is 7.39. The van der Waals surface area contributed by atoms with Gasteiger partial charge in [-0.05, 0) is 91.8 Å². The number of allylic oxidation sites excluding steroid dienone is 2. The molecule has 274 valence electrons. The molecule has 0 atom stereocenters. The zero-order valence-electron chi connectivity index (χ0n) is 28.8. The molecule has 14 heteroatoms. The third-order valence-electron chi connectivity index (χ3n) is 7.91. The van der Waals surface area contributed by atoms with Gasteiger partial charge in [-0.3, -0.25) is 18.2 Å². The van der Waals surface area contributed by atoms with Crippen LogP contribution in [0.5, 0.6) is 5.75 Å². The van der Waals surface area contributed by atoms with Gasteiger partial charge in [0.1, 0.15) is 5.75 Å². The van der Waals surface area contributed by atoms with Crippen molar-refractivity contribution in [3.05, 3.63) is 83.0 Å². The summed E-state index contributed by atoms with van der Waals surface area (Å²) < 4.78 is 45.5. The highest BCUT2D eigenvalue weighted by atomic mass is 35.5. The number of thiophene rings is 1. The van der Waals surface area contributed by atoms with E-state index in [2.05, 4.69) is 15.6 Å². The van der Waals surface area contributed by atoms with E-state index in [1.165, 1.54) is 11.3 Å². The maximum absolute atomic E-state index is 13.9. The Morgan fingerprint density at radius 2 is 1.61 bits per heavy atom. The van der Waals surface area contributed by atoms with Crippen LogP contribution in [-0.2, 0) is 19.1 Å². The molecular weight excluding hydrogens is 697 g/mol. The summed E-state index contributed by atoms with van der Waals surface area (Å²) >= 11 is 7.07. The molecule has 0 spiro atoms. The van der Waals surface area contributed by atoms with Crippen molar-refractivity contribution in [2.75, 3.05) is 52.0 Å². The fraction of sp³-hybridized carbons (Fsp3) is 0.432. The van der Waals surface area contributed by atoms with Gasteiger partial charge in [0.15, 0.2) is 6.61 Å². The lowest BCUT2D eigenvalue weighted by molar-refractivity contribution is -0.123. The monoisotopic (exact) mass is 742 g/mol. The van der Waals surface area contributed by atoms with E-state index in [1.807, 2.05) is 35.7 Å². The Morgan fingerprint density at radius 1 is 0.843 bits per heavy atom. The number of amides is 2. The summed E-state index contributed by atoms with van der Waals surface area (Å²) in [6, 6.07) is 14.2. The van der Waals surface area contributed by atoms with E-state index in [0.29, 0.717) is 73.8 Å². The Bertz CT molecular complexity index is 1580. The number of carbonyl (C=O) groups excluding carboxylic acids is 2. The van der Waals surface area contributed by atoms with Crippen LogP contribution in [0.1, 0.15) is 62.6 Å². The second-order valence-corrected chi connectivity index (χ2v) is 13.1. The fourth-order valence-electron chi connectivity index (χ4n) is 5.26. The molecule has 1 aromatic carbocycles. The Morgan fingerprint density at radius 3 is 2.37 bits per heavy atom. The summed E-state index contributed by atoms with van der Waals surface area (Å²) in [5, 5.41) is 7.56. The molecule has 2 amide bonds. The number of nitrogens with one attached hydrogen (secondary N) is 2. The molecule has 0 saturated carbocycles. The standard InChI is InChI=1S/C37H46BClF2N4O5S/c39-19-5-1-2-7-22-48-24-25-49-23-21-43-36(46)10-4-3-6-20-42-37(47)28-50-32-15-11-29(12-16-32)33-17-13-30(44-33)27-31-14-18-34(45(31)38(40)41)35-9-8-26-51-35/h8-9,11-18,26-27H,1-7,10,19-25,28H2,(H,42,47)(H,43,46)/b30-27-. The largest absolute Gasteiger partial charge is 0.678 e. The Kier molecular flexibility index (Phi) is 18.0. The minimum atomic E-state index is -2.68. The van der Waals surface area contributed by atoms with E-state index in [4.69, 9.17) is 25.8 Å². The number of aliphatic imine (C=N–C) groups is 1. The average molecular weight is 743 g/mol. The number of rotatable bonds is 25. The quantitative estimate of drug-likeness (QED) is 0.0536. The third kappa shape index (κ3) is 14.4. The number of hydrogen-bond acceptors (Lipinski definition) is 7. The van der Waals surface area contributed by atoms with Gasteiger partial charge in [-0.25, -0.2) is 4.99 Å². The number of nitrogens with zero attached hydrogens (tertiary/aromatic N) is 2. The van der Waals surface area contributed by atoms with Gasteiger partial charge in [-0.15, -0.1) is 22.9 Å².